The Labute approximate surface area is 87.9 Å². The van der Waals surface area contributed by atoms with Gasteiger partial charge in [-0.15, -0.1) is 0 Å². The molecule has 2 heteroatoms. The minimum absolute atomic E-state index is 0.387. The first-order chi connectivity index (χ1) is 6.18. The van der Waals surface area contributed by atoms with Crippen molar-refractivity contribution in [2.75, 3.05) is 0 Å². The predicted molar refractivity (Wildman–Crippen MR) is 64.3 cm³/mol. The maximum Gasteiger partial charge on any atom is 0.00643 e. The summed E-state index contributed by atoms with van der Waals surface area (Å²) in [6, 6.07) is 0.387. The van der Waals surface area contributed by atoms with Crippen molar-refractivity contribution in [1.82, 2.24) is 0 Å². The van der Waals surface area contributed by atoms with Crippen molar-refractivity contribution < 1.29 is 0 Å². The molecule has 13 heavy (non-hydrogen) atoms. The summed E-state index contributed by atoms with van der Waals surface area (Å²) in [5.41, 5.74) is 5.76. The van der Waals surface area contributed by atoms with Gasteiger partial charge in [-0.05, 0) is 26.2 Å². The maximum atomic E-state index is 5.76. The van der Waals surface area contributed by atoms with Crippen LogP contribution in [0.2, 0.25) is 0 Å². The van der Waals surface area contributed by atoms with E-state index in [2.05, 4.69) is 25.6 Å². The quantitative estimate of drug-likeness (QED) is 0.744. The first kappa shape index (κ1) is 13.3. The average Bonchev–Trinajstić information content (AvgIpc) is 2.06. The summed E-state index contributed by atoms with van der Waals surface area (Å²) in [6.07, 6.45) is 5.40. The molecule has 0 spiro atoms. The van der Waals surface area contributed by atoms with E-state index in [-0.39, 0.29) is 0 Å². The van der Waals surface area contributed by atoms with Crippen LogP contribution in [0.4, 0.5) is 0 Å². The van der Waals surface area contributed by atoms with Crippen LogP contribution in [-0.4, -0.2) is 16.5 Å². The van der Waals surface area contributed by atoms with Gasteiger partial charge in [-0.25, -0.2) is 0 Å². The summed E-state index contributed by atoms with van der Waals surface area (Å²) in [4.78, 5) is 0. The van der Waals surface area contributed by atoms with Crippen LogP contribution < -0.4 is 5.73 Å². The SMILES string of the molecule is CC.CC(N)CC1CCCC(C)S1. The Morgan fingerprint density at radius 1 is 1.38 bits per heavy atom. The van der Waals surface area contributed by atoms with Gasteiger partial charge in [-0.3, -0.25) is 0 Å². The van der Waals surface area contributed by atoms with Gasteiger partial charge in [0.2, 0.25) is 0 Å². The van der Waals surface area contributed by atoms with Gasteiger partial charge in [0.25, 0.3) is 0 Å². The molecule has 1 aliphatic rings. The first-order valence-corrected chi connectivity index (χ1v) is 6.54. The molecule has 1 nitrogen and oxygen atoms in total. The Bertz CT molecular complexity index is 113. The summed E-state index contributed by atoms with van der Waals surface area (Å²) < 4.78 is 0. The molecule has 0 aromatic carbocycles. The van der Waals surface area contributed by atoms with Gasteiger partial charge in [0.15, 0.2) is 0 Å². The second-order valence-electron chi connectivity index (χ2n) is 3.71. The Morgan fingerprint density at radius 3 is 2.46 bits per heavy atom. The fourth-order valence-corrected chi connectivity index (χ4v) is 3.36. The Kier molecular flexibility index (Phi) is 7.87. The van der Waals surface area contributed by atoms with Crippen molar-refractivity contribution in [2.45, 2.75) is 69.9 Å². The smallest absolute Gasteiger partial charge is 0.00643 e. The molecule has 1 aliphatic heterocycles. The van der Waals surface area contributed by atoms with Gasteiger partial charge in [-0.2, -0.15) is 11.8 Å². The molecule has 3 unspecified atom stereocenters. The normalized spacial score (nSPS) is 30.2. The number of thioether (sulfide) groups is 1. The van der Waals surface area contributed by atoms with E-state index in [9.17, 15) is 0 Å². The van der Waals surface area contributed by atoms with E-state index in [0.717, 1.165) is 10.5 Å². The highest BCUT2D eigenvalue weighted by molar-refractivity contribution is 8.00. The lowest BCUT2D eigenvalue weighted by molar-refractivity contribution is 0.556. The number of hydrogen-bond donors (Lipinski definition) is 1. The van der Waals surface area contributed by atoms with E-state index in [1.54, 1.807) is 0 Å². The van der Waals surface area contributed by atoms with E-state index in [0.29, 0.717) is 6.04 Å². The fourth-order valence-electron chi connectivity index (χ4n) is 1.69. The third kappa shape index (κ3) is 6.39. The second kappa shape index (κ2) is 7.69. The molecule has 0 aliphatic carbocycles. The largest absolute Gasteiger partial charge is 0.328 e. The third-order valence-corrected chi connectivity index (χ3v) is 3.71. The van der Waals surface area contributed by atoms with E-state index in [1.165, 1.54) is 25.7 Å². The Balaban J connectivity index is 0.000000671. The molecular formula is C11H25NS. The van der Waals surface area contributed by atoms with Gasteiger partial charge in [-0.1, -0.05) is 27.2 Å². The highest BCUT2D eigenvalue weighted by Crippen LogP contribution is 2.33. The first-order valence-electron chi connectivity index (χ1n) is 5.59. The lowest BCUT2D eigenvalue weighted by Gasteiger charge is -2.27. The number of nitrogens with two attached hydrogens (primary N) is 1. The van der Waals surface area contributed by atoms with Crippen LogP contribution >= 0.6 is 11.8 Å². The van der Waals surface area contributed by atoms with E-state index in [1.807, 2.05) is 13.8 Å². The van der Waals surface area contributed by atoms with Crippen LogP contribution in [0.15, 0.2) is 0 Å². The minimum atomic E-state index is 0.387. The molecule has 0 saturated carbocycles. The average molecular weight is 203 g/mol. The summed E-state index contributed by atoms with van der Waals surface area (Å²) in [5, 5.41) is 1.71. The van der Waals surface area contributed by atoms with Crippen LogP contribution in [0.1, 0.15) is 53.4 Å². The zero-order chi connectivity index (χ0) is 10.3. The van der Waals surface area contributed by atoms with Gasteiger partial charge in [0, 0.05) is 16.5 Å². The van der Waals surface area contributed by atoms with Crippen LogP contribution in [0.5, 0.6) is 0 Å². The molecule has 80 valence electrons. The molecule has 3 atom stereocenters. The zero-order valence-corrected chi connectivity index (χ0v) is 10.4. The van der Waals surface area contributed by atoms with Crippen LogP contribution in [0, 0.1) is 0 Å². The summed E-state index contributed by atoms with van der Waals surface area (Å²) in [5.74, 6) is 0. The maximum absolute atomic E-state index is 5.76. The number of hydrogen-bond acceptors (Lipinski definition) is 2. The Morgan fingerprint density at radius 2 is 2.00 bits per heavy atom. The van der Waals surface area contributed by atoms with Crippen LogP contribution in [0.3, 0.4) is 0 Å². The molecule has 1 rings (SSSR count). The molecular weight excluding hydrogens is 178 g/mol. The van der Waals surface area contributed by atoms with Gasteiger partial charge >= 0.3 is 0 Å². The van der Waals surface area contributed by atoms with Crippen molar-refractivity contribution in [3.05, 3.63) is 0 Å². The van der Waals surface area contributed by atoms with Crippen LogP contribution in [0.25, 0.3) is 0 Å². The number of rotatable bonds is 2. The van der Waals surface area contributed by atoms with Gasteiger partial charge in [0.1, 0.15) is 0 Å². The zero-order valence-electron chi connectivity index (χ0n) is 9.55. The van der Waals surface area contributed by atoms with Crippen molar-refractivity contribution in [3.8, 4) is 0 Å². The van der Waals surface area contributed by atoms with Crippen LogP contribution in [-0.2, 0) is 0 Å². The summed E-state index contributed by atoms with van der Waals surface area (Å²) in [7, 11) is 0. The molecule has 2 N–H and O–H groups in total. The van der Waals surface area contributed by atoms with E-state index in [4.69, 9.17) is 5.73 Å². The van der Waals surface area contributed by atoms with E-state index >= 15 is 0 Å². The molecule has 1 saturated heterocycles. The minimum Gasteiger partial charge on any atom is -0.328 e. The van der Waals surface area contributed by atoms with Crippen molar-refractivity contribution >= 4 is 11.8 Å². The summed E-state index contributed by atoms with van der Waals surface area (Å²) >= 11 is 2.13. The highest BCUT2D eigenvalue weighted by atomic mass is 32.2. The lowest BCUT2D eigenvalue weighted by atomic mass is 10.1. The molecule has 1 fully saturated rings. The topological polar surface area (TPSA) is 26.0 Å². The second-order valence-corrected chi connectivity index (χ2v) is 5.46. The highest BCUT2D eigenvalue weighted by Gasteiger charge is 2.19. The lowest BCUT2D eigenvalue weighted by Crippen LogP contribution is -2.24. The molecule has 1 heterocycles. The molecule has 0 aromatic rings. The third-order valence-electron chi connectivity index (χ3n) is 2.20. The van der Waals surface area contributed by atoms with E-state index < -0.39 is 0 Å². The molecule has 0 aromatic heterocycles. The monoisotopic (exact) mass is 203 g/mol. The van der Waals surface area contributed by atoms with Gasteiger partial charge < -0.3 is 5.73 Å². The predicted octanol–water partition coefficient (Wildman–Crippen LogP) is 3.42. The molecule has 0 bridgehead atoms. The molecule has 0 radical (unpaired) electrons. The van der Waals surface area contributed by atoms with Crippen molar-refractivity contribution in [2.24, 2.45) is 5.73 Å². The molecule has 0 amide bonds. The van der Waals surface area contributed by atoms with Crippen molar-refractivity contribution in [3.63, 3.8) is 0 Å². The standard InChI is InChI=1S/C9H19NS.C2H6/c1-7(10)6-9-5-3-4-8(2)11-9;1-2/h7-9H,3-6,10H2,1-2H3;1-2H3. The van der Waals surface area contributed by atoms with Crippen molar-refractivity contribution in [1.29, 1.82) is 0 Å². The van der Waals surface area contributed by atoms with Gasteiger partial charge in [0.05, 0.1) is 0 Å². The Hall–Kier alpha value is 0.310. The summed E-state index contributed by atoms with van der Waals surface area (Å²) in [6.45, 7) is 8.44. The fraction of sp³-hybridized carbons (Fsp3) is 1.00.